The summed E-state index contributed by atoms with van der Waals surface area (Å²) in [7, 11) is 3.08. The lowest BCUT2D eigenvalue weighted by atomic mass is 9.87. The Labute approximate surface area is 120 Å². The number of nitrogens with zero attached hydrogens (tertiary/aromatic N) is 2. The van der Waals surface area contributed by atoms with Crippen molar-refractivity contribution in [3.8, 4) is 0 Å². The quantitative estimate of drug-likeness (QED) is 0.727. The van der Waals surface area contributed by atoms with Crippen molar-refractivity contribution in [1.82, 2.24) is 0 Å². The lowest BCUT2D eigenvalue weighted by molar-refractivity contribution is -0.120. The van der Waals surface area contributed by atoms with Crippen LogP contribution in [0.2, 0.25) is 0 Å². The van der Waals surface area contributed by atoms with Crippen LogP contribution in [0.25, 0.3) is 0 Å². The van der Waals surface area contributed by atoms with Gasteiger partial charge < -0.3 is 9.47 Å². The van der Waals surface area contributed by atoms with Gasteiger partial charge in [-0.25, -0.2) is 9.98 Å². The number of hydrogen-bond acceptors (Lipinski definition) is 5. The van der Waals surface area contributed by atoms with Gasteiger partial charge in [-0.05, 0) is 25.7 Å². The number of rotatable bonds is 5. The van der Waals surface area contributed by atoms with E-state index in [9.17, 15) is 4.79 Å². The normalized spacial score (nSPS) is 25.8. The second-order valence-electron chi connectivity index (χ2n) is 5.23. The van der Waals surface area contributed by atoms with Gasteiger partial charge in [0.1, 0.15) is 6.04 Å². The number of hydrogen-bond donors (Lipinski definition) is 0. The second kappa shape index (κ2) is 6.68. The predicted molar refractivity (Wildman–Crippen MR) is 80.4 cm³/mol. The van der Waals surface area contributed by atoms with E-state index in [2.05, 4.69) is 16.6 Å². The van der Waals surface area contributed by atoms with Crippen LogP contribution in [0.4, 0.5) is 0 Å². The zero-order chi connectivity index (χ0) is 15.3. The molecule has 0 bridgehead atoms. The maximum atomic E-state index is 12.2. The molecule has 0 N–H and O–H groups in total. The molecule has 5 nitrogen and oxygen atoms in total. The van der Waals surface area contributed by atoms with Crippen molar-refractivity contribution in [3.63, 3.8) is 0 Å². The molecule has 0 saturated heterocycles. The molecule has 0 radical (unpaired) electrons. The van der Waals surface area contributed by atoms with Gasteiger partial charge in [0, 0.05) is 0 Å². The van der Waals surface area contributed by atoms with E-state index in [0.717, 1.165) is 0 Å². The molecule has 20 heavy (non-hydrogen) atoms. The summed E-state index contributed by atoms with van der Waals surface area (Å²) in [4.78, 5) is 21.3. The van der Waals surface area contributed by atoms with Crippen molar-refractivity contribution in [3.05, 3.63) is 12.7 Å². The Kier molecular flexibility index (Phi) is 5.48. The van der Waals surface area contributed by atoms with Gasteiger partial charge in [0.15, 0.2) is 11.3 Å². The molecule has 0 unspecified atom stereocenters. The smallest absolute Gasteiger partial charge is 0.220 e. The summed E-state index contributed by atoms with van der Waals surface area (Å²) in [6.07, 6.45) is 2.89. The predicted octanol–water partition coefficient (Wildman–Crippen LogP) is 2.41. The number of allylic oxidation sites excluding steroid dienone is 1. The van der Waals surface area contributed by atoms with Crippen LogP contribution in [-0.4, -0.2) is 43.4 Å². The minimum atomic E-state index is -1.08. The van der Waals surface area contributed by atoms with Gasteiger partial charge in [0.2, 0.25) is 11.8 Å². The highest BCUT2D eigenvalue weighted by Crippen LogP contribution is 2.30. The maximum Gasteiger partial charge on any atom is 0.220 e. The maximum absolute atomic E-state index is 12.2. The first-order valence-electron chi connectivity index (χ1n) is 6.80. The fourth-order valence-corrected chi connectivity index (χ4v) is 2.29. The van der Waals surface area contributed by atoms with Crippen molar-refractivity contribution >= 4 is 17.6 Å². The molecule has 0 saturated carbocycles. The molecule has 0 aromatic heterocycles. The highest BCUT2D eigenvalue weighted by molar-refractivity contribution is 6.13. The second-order valence-corrected chi connectivity index (χ2v) is 5.23. The van der Waals surface area contributed by atoms with Crippen molar-refractivity contribution in [2.75, 3.05) is 14.2 Å². The monoisotopic (exact) mass is 280 g/mol. The largest absolute Gasteiger partial charge is 0.483 e. The topological polar surface area (TPSA) is 60.2 Å². The lowest BCUT2D eigenvalue weighted by Gasteiger charge is -2.34. The van der Waals surface area contributed by atoms with E-state index in [4.69, 9.17) is 9.47 Å². The number of ketones is 1. The van der Waals surface area contributed by atoms with Crippen molar-refractivity contribution in [1.29, 1.82) is 0 Å². The van der Waals surface area contributed by atoms with Crippen LogP contribution in [0.1, 0.15) is 33.6 Å². The molecule has 0 amide bonds. The van der Waals surface area contributed by atoms with Crippen LogP contribution < -0.4 is 0 Å². The van der Waals surface area contributed by atoms with Crippen LogP contribution in [0.3, 0.4) is 0 Å². The van der Waals surface area contributed by atoms with Crippen LogP contribution in [0.5, 0.6) is 0 Å². The Morgan fingerprint density at radius 2 is 2.10 bits per heavy atom. The first-order chi connectivity index (χ1) is 9.42. The van der Waals surface area contributed by atoms with Gasteiger partial charge >= 0.3 is 0 Å². The first-order valence-corrected chi connectivity index (χ1v) is 6.80. The fraction of sp³-hybridized carbons (Fsp3) is 0.667. The highest BCUT2D eigenvalue weighted by Gasteiger charge is 2.46. The minimum absolute atomic E-state index is 0.100. The first kappa shape index (κ1) is 16.4. The molecule has 0 aromatic rings. The summed E-state index contributed by atoms with van der Waals surface area (Å²) in [5.74, 6) is 0.964. The van der Waals surface area contributed by atoms with E-state index >= 15 is 0 Å². The molecule has 1 heterocycles. The Balaban J connectivity index is 3.33. The summed E-state index contributed by atoms with van der Waals surface area (Å²) < 4.78 is 10.7. The summed E-state index contributed by atoms with van der Waals surface area (Å²) in [6.45, 7) is 9.26. The number of carbonyl (C=O) groups is 1. The molecule has 112 valence electrons. The van der Waals surface area contributed by atoms with Crippen molar-refractivity contribution in [2.45, 2.75) is 45.2 Å². The van der Waals surface area contributed by atoms with Gasteiger partial charge in [-0.3, -0.25) is 4.79 Å². The number of ether oxygens (including phenoxy) is 2. The molecule has 2 atom stereocenters. The van der Waals surface area contributed by atoms with Gasteiger partial charge in [-0.1, -0.05) is 19.9 Å². The molecule has 0 aromatic carbocycles. The molecule has 1 rings (SSSR count). The van der Waals surface area contributed by atoms with E-state index in [1.165, 1.54) is 14.0 Å². The number of Topliss-reactive ketones (excluding diaryl/α,β-unsaturated/α-hetero) is 1. The molecule has 0 spiro atoms. The molecule has 5 heteroatoms. The average molecular weight is 280 g/mol. The van der Waals surface area contributed by atoms with Crippen molar-refractivity contribution in [2.24, 2.45) is 15.9 Å². The zero-order valence-electron chi connectivity index (χ0n) is 13.0. The molecule has 0 aliphatic carbocycles. The highest BCUT2D eigenvalue weighted by atomic mass is 16.5. The van der Waals surface area contributed by atoms with Gasteiger partial charge in [0.25, 0.3) is 0 Å². The van der Waals surface area contributed by atoms with Gasteiger partial charge in [0.05, 0.1) is 14.2 Å². The van der Waals surface area contributed by atoms with E-state index in [1.807, 2.05) is 13.8 Å². The minimum Gasteiger partial charge on any atom is -0.483 e. The van der Waals surface area contributed by atoms with E-state index in [-0.39, 0.29) is 17.7 Å². The van der Waals surface area contributed by atoms with Crippen LogP contribution in [-0.2, 0) is 14.3 Å². The third-order valence-electron chi connectivity index (χ3n) is 3.49. The third kappa shape index (κ3) is 2.92. The Morgan fingerprint density at radius 1 is 1.45 bits per heavy atom. The van der Waals surface area contributed by atoms with E-state index in [0.29, 0.717) is 24.6 Å². The molecule has 1 aliphatic heterocycles. The van der Waals surface area contributed by atoms with Crippen molar-refractivity contribution < 1.29 is 14.3 Å². The molecule has 1 aliphatic rings. The van der Waals surface area contributed by atoms with Crippen LogP contribution >= 0.6 is 0 Å². The Hall–Kier alpha value is -1.65. The summed E-state index contributed by atoms with van der Waals surface area (Å²) in [5, 5.41) is 0. The van der Waals surface area contributed by atoms with E-state index in [1.54, 1.807) is 13.2 Å². The number of carbonyl (C=O) groups excluding carboxylic acids is 1. The number of methoxy groups -OCH3 is 2. The van der Waals surface area contributed by atoms with Crippen LogP contribution in [0, 0.1) is 5.92 Å². The van der Waals surface area contributed by atoms with Crippen LogP contribution in [0.15, 0.2) is 22.6 Å². The number of aliphatic imine (C=N–C) groups is 2. The summed E-state index contributed by atoms with van der Waals surface area (Å²) in [5.41, 5.74) is -1.08. The summed E-state index contributed by atoms with van der Waals surface area (Å²) in [6, 6.07) is -0.217. The summed E-state index contributed by atoms with van der Waals surface area (Å²) >= 11 is 0. The SMILES string of the molecule is C=CCC[C@@]1(C(C)=O)N=C(OC)[C@@H](C(C)C)N=C1OC. The van der Waals surface area contributed by atoms with Gasteiger partial charge in [-0.2, -0.15) is 0 Å². The Morgan fingerprint density at radius 3 is 2.50 bits per heavy atom. The Bertz CT molecular complexity index is 440. The molecular weight excluding hydrogens is 256 g/mol. The lowest BCUT2D eigenvalue weighted by Crippen LogP contribution is -2.51. The van der Waals surface area contributed by atoms with E-state index < -0.39 is 5.54 Å². The third-order valence-corrected chi connectivity index (χ3v) is 3.49. The molecular formula is C15H24N2O3. The zero-order valence-corrected chi connectivity index (χ0v) is 13.0. The molecule has 0 fully saturated rings. The standard InChI is InChI=1S/C15H24N2O3/c1-7-8-9-15(11(4)18)14(20-6)16-12(10(2)3)13(17-15)19-5/h7,10,12H,1,8-9H2,2-6H3/t12-,15+/m1/s1. The average Bonchev–Trinajstić information content (AvgIpc) is 2.43. The van der Waals surface area contributed by atoms with Gasteiger partial charge in [-0.15, -0.1) is 6.58 Å². The fourth-order valence-electron chi connectivity index (χ4n) is 2.29.